The van der Waals surface area contributed by atoms with Crippen molar-refractivity contribution in [2.45, 2.75) is 6.04 Å². The number of carbonyl (C=O) groups excluding carboxylic acids is 1. The van der Waals surface area contributed by atoms with Crippen LogP contribution in [0.3, 0.4) is 0 Å². The van der Waals surface area contributed by atoms with Gasteiger partial charge in [0, 0.05) is 10.7 Å². The predicted octanol–water partition coefficient (Wildman–Crippen LogP) is 4.97. The summed E-state index contributed by atoms with van der Waals surface area (Å²) in [5.41, 5.74) is 1.35. The molecule has 1 atom stereocenters. The standard InChI is InChI=1S/C15H12Cl3NO2/c1-21-15(20)14(9-5-6-12(17)13(18)7-9)19-11-4-2-3-10(16)8-11/h2-8,14,19H,1H3. The zero-order chi connectivity index (χ0) is 15.4. The summed E-state index contributed by atoms with van der Waals surface area (Å²) in [6.45, 7) is 0. The van der Waals surface area contributed by atoms with Crippen LogP contribution in [0.25, 0.3) is 0 Å². The van der Waals surface area contributed by atoms with Crippen LogP contribution < -0.4 is 5.32 Å². The average Bonchev–Trinajstić information content (AvgIpc) is 2.47. The van der Waals surface area contributed by atoms with Crippen molar-refractivity contribution in [3.8, 4) is 0 Å². The number of nitrogens with one attached hydrogen (secondary N) is 1. The summed E-state index contributed by atoms with van der Waals surface area (Å²) in [4.78, 5) is 12.0. The lowest BCUT2D eigenvalue weighted by atomic mass is 10.1. The predicted molar refractivity (Wildman–Crippen MR) is 86.3 cm³/mol. The van der Waals surface area contributed by atoms with Gasteiger partial charge in [-0.05, 0) is 35.9 Å². The van der Waals surface area contributed by atoms with Crippen LogP contribution in [-0.2, 0) is 9.53 Å². The molecule has 1 N–H and O–H groups in total. The van der Waals surface area contributed by atoms with Gasteiger partial charge < -0.3 is 10.1 Å². The number of hydrogen-bond acceptors (Lipinski definition) is 3. The van der Waals surface area contributed by atoms with Gasteiger partial charge >= 0.3 is 5.97 Å². The zero-order valence-electron chi connectivity index (χ0n) is 11.1. The molecule has 1 unspecified atom stereocenters. The van der Waals surface area contributed by atoms with Gasteiger partial charge in [0.2, 0.25) is 0 Å². The summed E-state index contributed by atoms with van der Waals surface area (Å²) >= 11 is 17.8. The molecule has 110 valence electrons. The highest BCUT2D eigenvalue weighted by atomic mass is 35.5. The minimum absolute atomic E-state index is 0.371. The van der Waals surface area contributed by atoms with Crippen molar-refractivity contribution in [1.29, 1.82) is 0 Å². The van der Waals surface area contributed by atoms with Crippen LogP contribution in [0.1, 0.15) is 11.6 Å². The lowest BCUT2D eigenvalue weighted by molar-refractivity contribution is -0.141. The number of benzene rings is 2. The van der Waals surface area contributed by atoms with Crippen LogP contribution in [0.2, 0.25) is 15.1 Å². The van der Waals surface area contributed by atoms with Gasteiger partial charge in [-0.2, -0.15) is 0 Å². The van der Waals surface area contributed by atoms with Crippen molar-refractivity contribution in [3.63, 3.8) is 0 Å². The molecule has 0 saturated heterocycles. The Balaban J connectivity index is 2.34. The zero-order valence-corrected chi connectivity index (χ0v) is 13.3. The molecular formula is C15H12Cl3NO2. The fourth-order valence-electron chi connectivity index (χ4n) is 1.83. The summed E-state index contributed by atoms with van der Waals surface area (Å²) < 4.78 is 4.83. The largest absolute Gasteiger partial charge is 0.467 e. The molecule has 3 nitrogen and oxygen atoms in total. The SMILES string of the molecule is COC(=O)C(Nc1cccc(Cl)c1)c1ccc(Cl)c(Cl)c1. The Hall–Kier alpha value is -1.42. The van der Waals surface area contributed by atoms with Crippen molar-refractivity contribution in [2.24, 2.45) is 0 Å². The molecule has 0 heterocycles. The van der Waals surface area contributed by atoms with E-state index in [1.165, 1.54) is 7.11 Å². The maximum absolute atomic E-state index is 12.0. The molecule has 0 spiro atoms. The Labute approximate surface area is 137 Å². The maximum Gasteiger partial charge on any atom is 0.332 e. The molecule has 21 heavy (non-hydrogen) atoms. The van der Waals surface area contributed by atoms with Crippen molar-refractivity contribution in [3.05, 3.63) is 63.1 Å². The molecule has 0 saturated carbocycles. The molecular weight excluding hydrogens is 333 g/mol. The quantitative estimate of drug-likeness (QED) is 0.796. The Morgan fingerprint density at radius 1 is 1.10 bits per heavy atom. The Kier molecular flexibility index (Phi) is 5.34. The highest BCUT2D eigenvalue weighted by Crippen LogP contribution is 2.28. The van der Waals surface area contributed by atoms with Crippen LogP contribution >= 0.6 is 34.8 Å². The minimum atomic E-state index is -0.705. The number of halogens is 3. The normalized spacial score (nSPS) is 11.8. The van der Waals surface area contributed by atoms with Crippen LogP contribution in [0.15, 0.2) is 42.5 Å². The third-order valence-electron chi connectivity index (χ3n) is 2.85. The van der Waals surface area contributed by atoms with E-state index < -0.39 is 12.0 Å². The number of methoxy groups -OCH3 is 1. The molecule has 0 radical (unpaired) electrons. The maximum atomic E-state index is 12.0. The summed E-state index contributed by atoms with van der Waals surface area (Å²) in [7, 11) is 1.33. The number of esters is 1. The van der Waals surface area contributed by atoms with Crippen LogP contribution in [0, 0.1) is 0 Å². The van der Waals surface area contributed by atoms with Gasteiger partial charge in [0.15, 0.2) is 6.04 Å². The van der Waals surface area contributed by atoms with E-state index in [1.54, 1.807) is 42.5 Å². The second kappa shape index (κ2) is 7.03. The van der Waals surface area contributed by atoms with Crippen molar-refractivity contribution in [1.82, 2.24) is 0 Å². The number of rotatable bonds is 4. The minimum Gasteiger partial charge on any atom is -0.467 e. The van der Waals surface area contributed by atoms with Gasteiger partial charge in [-0.3, -0.25) is 0 Å². The first-order chi connectivity index (χ1) is 10.0. The van der Waals surface area contributed by atoms with E-state index in [0.29, 0.717) is 26.3 Å². The van der Waals surface area contributed by atoms with Crippen molar-refractivity contribution in [2.75, 3.05) is 12.4 Å². The van der Waals surface area contributed by atoms with Gasteiger partial charge in [-0.25, -0.2) is 4.79 Å². The van der Waals surface area contributed by atoms with E-state index in [9.17, 15) is 4.79 Å². The monoisotopic (exact) mass is 343 g/mol. The van der Waals surface area contributed by atoms with Gasteiger partial charge in [0.1, 0.15) is 0 Å². The highest BCUT2D eigenvalue weighted by molar-refractivity contribution is 6.42. The topological polar surface area (TPSA) is 38.3 Å². The number of carbonyl (C=O) groups is 1. The molecule has 0 aliphatic carbocycles. The Morgan fingerprint density at radius 2 is 1.86 bits per heavy atom. The molecule has 0 aliphatic heterocycles. The first-order valence-electron chi connectivity index (χ1n) is 6.06. The molecule has 6 heteroatoms. The van der Waals surface area contributed by atoms with Crippen molar-refractivity contribution >= 4 is 46.5 Å². The fraction of sp³-hybridized carbons (Fsp3) is 0.133. The van der Waals surface area contributed by atoms with E-state index in [2.05, 4.69) is 5.32 Å². The van der Waals surface area contributed by atoms with E-state index in [0.717, 1.165) is 0 Å². The smallest absolute Gasteiger partial charge is 0.332 e. The van der Waals surface area contributed by atoms with Gasteiger partial charge in [-0.1, -0.05) is 46.9 Å². The van der Waals surface area contributed by atoms with Crippen LogP contribution in [0.4, 0.5) is 5.69 Å². The van der Waals surface area contributed by atoms with Gasteiger partial charge in [-0.15, -0.1) is 0 Å². The number of anilines is 1. The summed E-state index contributed by atoms with van der Waals surface area (Å²) in [5.74, 6) is -0.437. The highest BCUT2D eigenvalue weighted by Gasteiger charge is 2.22. The van der Waals surface area contributed by atoms with E-state index in [1.807, 2.05) is 0 Å². The van der Waals surface area contributed by atoms with Crippen LogP contribution in [-0.4, -0.2) is 13.1 Å². The second-order valence-electron chi connectivity index (χ2n) is 4.28. The van der Waals surface area contributed by atoms with E-state index in [-0.39, 0.29) is 0 Å². The Morgan fingerprint density at radius 3 is 2.48 bits per heavy atom. The molecule has 2 aromatic rings. The molecule has 0 bridgehead atoms. The third-order valence-corrected chi connectivity index (χ3v) is 3.82. The lowest BCUT2D eigenvalue weighted by Gasteiger charge is -2.18. The first-order valence-corrected chi connectivity index (χ1v) is 7.19. The first kappa shape index (κ1) is 16.0. The Bertz CT molecular complexity index is 661. The van der Waals surface area contributed by atoms with Crippen molar-refractivity contribution < 1.29 is 9.53 Å². The van der Waals surface area contributed by atoms with E-state index in [4.69, 9.17) is 39.5 Å². The molecule has 2 rings (SSSR count). The summed E-state index contributed by atoms with van der Waals surface area (Å²) in [6.07, 6.45) is 0. The molecule has 0 fully saturated rings. The molecule has 0 aliphatic rings. The molecule has 2 aromatic carbocycles. The van der Waals surface area contributed by atoms with E-state index >= 15 is 0 Å². The lowest BCUT2D eigenvalue weighted by Crippen LogP contribution is -2.22. The fourth-order valence-corrected chi connectivity index (χ4v) is 2.33. The van der Waals surface area contributed by atoms with Gasteiger partial charge in [0.25, 0.3) is 0 Å². The average molecular weight is 345 g/mol. The third kappa shape index (κ3) is 4.03. The van der Waals surface area contributed by atoms with Gasteiger partial charge in [0.05, 0.1) is 17.2 Å². The number of hydrogen-bond donors (Lipinski definition) is 1. The second-order valence-corrected chi connectivity index (χ2v) is 5.54. The molecule has 0 amide bonds. The summed E-state index contributed by atoms with van der Waals surface area (Å²) in [6, 6.07) is 11.3. The van der Waals surface area contributed by atoms with Crippen LogP contribution in [0.5, 0.6) is 0 Å². The molecule has 0 aromatic heterocycles. The number of ether oxygens (including phenoxy) is 1. The summed E-state index contributed by atoms with van der Waals surface area (Å²) in [5, 5.41) is 4.43.